The predicted octanol–water partition coefficient (Wildman–Crippen LogP) is 5.88. The molecule has 3 heterocycles. The number of rotatable bonds is 8. The fourth-order valence-corrected chi connectivity index (χ4v) is 5.03. The summed E-state index contributed by atoms with van der Waals surface area (Å²) in [5.41, 5.74) is -0.761. The van der Waals surface area contributed by atoms with E-state index in [9.17, 15) is 31.1 Å². The summed E-state index contributed by atoms with van der Waals surface area (Å²) in [6.45, 7) is 3.73. The summed E-state index contributed by atoms with van der Waals surface area (Å²) < 4.78 is 76.2. The summed E-state index contributed by atoms with van der Waals surface area (Å²) in [6, 6.07) is 7.69. The molecule has 0 unspecified atom stereocenters. The van der Waals surface area contributed by atoms with E-state index in [2.05, 4.69) is 20.5 Å². The number of alkyl halides is 6. The Bertz CT molecular complexity index is 1060. The van der Waals surface area contributed by atoms with Crippen molar-refractivity contribution in [3.05, 3.63) is 53.7 Å². The lowest BCUT2D eigenvalue weighted by Crippen LogP contribution is -2.43. The van der Waals surface area contributed by atoms with Gasteiger partial charge < -0.3 is 20.4 Å². The number of amides is 1. The van der Waals surface area contributed by atoms with Crippen LogP contribution in [0.3, 0.4) is 0 Å². The van der Waals surface area contributed by atoms with Crippen molar-refractivity contribution < 1.29 is 31.1 Å². The van der Waals surface area contributed by atoms with E-state index in [1.807, 2.05) is 4.90 Å². The SMILES string of the molecule is O=C(CCCN1CCC(Nc2ccc(C(F)(F)F)cc2)CC1)N1CCC(Nc2ccc(C(F)(F)F)cn2)CC1. The molecule has 2 aliphatic heterocycles. The number of carbonyl (C=O) groups excluding carboxylic acids is 1. The first kappa shape index (κ1) is 29.0. The number of piperidine rings is 2. The Morgan fingerprint density at radius 2 is 1.36 bits per heavy atom. The summed E-state index contributed by atoms with van der Waals surface area (Å²) in [5, 5.41) is 6.47. The summed E-state index contributed by atoms with van der Waals surface area (Å²) >= 11 is 0. The zero-order chi connectivity index (χ0) is 28.0. The van der Waals surface area contributed by atoms with Crippen LogP contribution in [-0.2, 0) is 17.1 Å². The van der Waals surface area contributed by atoms with Crippen LogP contribution in [0.5, 0.6) is 0 Å². The highest BCUT2D eigenvalue weighted by molar-refractivity contribution is 5.76. The fraction of sp³-hybridized carbons (Fsp3) is 0.556. The molecular formula is C27H33F6N5O. The minimum absolute atomic E-state index is 0.0516. The van der Waals surface area contributed by atoms with Gasteiger partial charge in [0.15, 0.2) is 0 Å². The number of hydrogen-bond acceptors (Lipinski definition) is 5. The van der Waals surface area contributed by atoms with Crippen LogP contribution in [0, 0.1) is 0 Å². The summed E-state index contributed by atoms with van der Waals surface area (Å²) in [5.74, 6) is 0.506. The van der Waals surface area contributed by atoms with Gasteiger partial charge in [-0.3, -0.25) is 4.79 Å². The standard InChI is InChI=1S/C27H33F6N5O/c28-26(29,30)19-3-6-21(7-4-19)35-22-9-14-37(15-10-22)13-1-2-25(39)38-16-11-23(12-17-38)36-24-8-5-20(18-34-24)27(31,32)33/h3-8,18,22-23,35H,1-2,9-17H2,(H,34,36). The number of nitrogens with one attached hydrogen (secondary N) is 2. The summed E-state index contributed by atoms with van der Waals surface area (Å²) in [6.07, 6.45) is -3.56. The normalized spacial score (nSPS) is 18.3. The quantitative estimate of drug-likeness (QED) is 0.397. The molecule has 0 radical (unpaired) electrons. The second kappa shape index (κ2) is 12.4. The maximum atomic E-state index is 12.7. The monoisotopic (exact) mass is 557 g/mol. The van der Waals surface area contributed by atoms with E-state index in [0.717, 1.165) is 63.3 Å². The number of likely N-dealkylation sites (tertiary alicyclic amines) is 2. The average molecular weight is 558 g/mol. The van der Waals surface area contributed by atoms with Crippen molar-refractivity contribution in [3.8, 4) is 0 Å². The molecule has 1 amide bonds. The third-order valence-corrected chi connectivity index (χ3v) is 7.33. The van der Waals surface area contributed by atoms with E-state index in [0.29, 0.717) is 43.9 Å². The average Bonchev–Trinajstić information content (AvgIpc) is 2.90. The molecule has 2 aromatic rings. The molecule has 39 heavy (non-hydrogen) atoms. The maximum absolute atomic E-state index is 12.7. The molecule has 1 aromatic carbocycles. The Balaban J connectivity index is 1.09. The summed E-state index contributed by atoms with van der Waals surface area (Å²) in [4.78, 5) is 20.7. The Labute approximate surface area is 223 Å². The van der Waals surface area contributed by atoms with Gasteiger partial charge in [0.05, 0.1) is 11.1 Å². The first-order valence-corrected chi connectivity index (χ1v) is 13.2. The molecule has 2 aliphatic rings. The van der Waals surface area contributed by atoms with E-state index in [1.165, 1.54) is 18.2 Å². The van der Waals surface area contributed by atoms with Crippen LogP contribution in [0.4, 0.5) is 37.8 Å². The Morgan fingerprint density at radius 1 is 0.795 bits per heavy atom. The van der Waals surface area contributed by atoms with E-state index < -0.39 is 23.5 Å². The highest BCUT2D eigenvalue weighted by Gasteiger charge is 2.31. The number of aromatic nitrogens is 1. The van der Waals surface area contributed by atoms with Crippen molar-refractivity contribution >= 4 is 17.4 Å². The van der Waals surface area contributed by atoms with E-state index >= 15 is 0 Å². The van der Waals surface area contributed by atoms with Gasteiger partial charge in [-0.05, 0) is 75.0 Å². The minimum Gasteiger partial charge on any atom is -0.382 e. The molecule has 2 N–H and O–H groups in total. The zero-order valence-corrected chi connectivity index (χ0v) is 21.5. The number of carbonyl (C=O) groups is 1. The van der Waals surface area contributed by atoms with Crippen molar-refractivity contribution in [2.45, 2.75) is 63.0 Å². The second-order valence-electron chi connectivity index (χ2n) is 10.2. The molecule has 0 aliphatic carbocycles. The Kier molecular flexibility index (Phi) is 9.24. The van der Waals surface area contributed by atoms with Gasteiger partial charge in [0.2, 0.25) is 5.91 Å². The van der Waals surface area contributed by atoms with E-state index in [4.69, 9.17) is 0 Å². The van der Waals surface area contributed by atoms with Gasteiger partial charge >= 0.3 is 12.4 Å². The highest BCUT2D eigenvalue weighted by Crippen LogP contribution is 2.31. The lowest BCUT2D eigenvalue weighted by atomic mass is 10.0. The van der Waals surface area contributed by atoms with Crippen molar-refractivity contribution in [3.63, 3.8) is 0 Å². The molecule has 6 nitrogen and oxygen atoms in total. The summed E-state index contributed by atoms with van der Waals surface area (Å²) in [7, 11) is 0. The molecule has 0 spiro atoms. The molecule has 0 saturated carbocycles. The highest BCUT2D eigenvalue weighted by atomic mass is 19.4. The molecule has 0 bridgehead atoms. The van der Waals surface area contributed by atoms with E-state index in [1.54, 1.807) is 0 Å². The van der Waals surface area contributed by atoms with Crippen molar-refractivity contribution in [2.24, 2.45) is 0 Å². The van der Waals surface area contributed by atoms with Crippen LogP contribution in [0.25, 0.3) is 0 Å². The molecule has 0 atom stereocenters. The van der Waals surface area contributed by atoms with Crippen molar-refractivity contribution in [1.82, 2.24) is 14.8 Å². The first-order chi connectivity index (χ1) is 18.5. The van der Waals surface area contributed by atoms with Crippen molar-refractivity contribution in [2.75, 3.05) is 43.4 Å². The minimum atomic E-state index is -4.41. The van der Waals surface area contributed by atoms with Crippen LogP contribution in [0.2, 0.25) is 0 Å². The third kappa shape index (κ3) is 8.48. The van der Waals surface area contributed by atoms with E-state index in [-0.39, 0.29) is 18.0 Å². The van der Waals surface area contributed by atoms with Gasteiger partial charge in [-0.1, -0.05) is 0 Å². The molecule has 214 valence electrons. The molecule has 4 rings (SSSR count). The molecule has 2 fully saturated rings. The lowest BCUT2D eigenvalue weighted by Gasteiger charge is -2.34. The fourth-order valence-electron chi connectivity index (χ4n) is 5.03. The van der Waals surface area contributed by atoms with Crippen molar-refractivity contribution in [1.29, 1.82) is 0 Å². The number of pyridine rings is 1. The smallest absolute Gasteiger partial charge is 0.382 e. The van der Waals surface area contributed by atoms with Gasteiger partial charge in [0.1, 0.15) is 5.82 Å². The first-order valence-electron chi connectivity index (χ1n) is 13.2. The molecule has 1 aromatic heterocycles. The van der Waals surface area contributed by atoms with Gasteiger partial charge in [0.25, 0.3) is 0 Å². The van der Waals surface area contributed by atoms with Gasteiger partial charge in [-0.25, -0.2) is 4.98 Å². The lowest BCUT2D eigenvalue weighted by molar-refractivity contribution is -0.138. The van der Waals surface area contributed by atoms with Crippen LogP contribution in [0.15, 0.2) is 42.6 Å². The third-order valence-electron chi connectivity index (χ3n) is 7.33. The predicted molar refractivity (Wildman–Crippen MR) is 136 cm³/mol. The molecule has 12 heteroatoms. The van der Waals surface area contributed by atoms with Gasteiger partial charge in [-0.2, -0.15) is 26.3 Å². The topological polar surface area (TPSA) is 60.5 Å². The van der Waals surface area contributed by atoms with Gasteiger partial charge in [-0.15, -0.1) is 0 Å². The number of anilines is 2. The zero-order valence-electron chi connectivity index (χ0n) is 21.5. The van der Waals surface area contributed by atoms with Crippen LogP contribution < -0.4 is 10.6 Å². The second-order valence-corrected chi connectivity index (χ2v) is 10.2. The number of halogens is 6. The Morgan fingerprint density at radius 3 is 1.92 bits per heavy atom. The molecular weight excluding hydrogens is 524 g/mol. The van der Waals surface area contributed by atoms with Gasteiger partial charge in [0, 0.05) is 56.6 Å². The number of benzene rings is 1. The Hall–Kier alpha value is -3.02. The van der Waals surface area contributed by atoms with Crippen LogP contribution in [-0.4, -0.2) is 65.5 Å². The molecule has 2 saturated heterocycles. The number of nitrogens with zero attached hydrogens (tertiary/aromatic N) is 3. The number of hydrogen-bond donors (Lipinski definition) is 2. The largest absolute Gasteiger partial charge is 0.417 e. The van der Waals surface area contributed by atoms with Crippen LogP contribution >= 0.6 is 0 Å². The van der Waals surface area contributed by atoms with Crippen LogP contribution in [0.1, 0.15) is 49.7 Å². The maximum Gasteiger partial charge on any atom is 0.417 e.